The molecule has 2 N–H and O–H groups in total. The van der Waals surface area contributed by atoms with Gasteiger partial charge in [0.15, 0.2) is 5.82 Å². The first kappa shape index (κ1) is 12.5. The summed E-state index contributed by atoms with van der Waals surface area (Å²) in [5, 5.41) is 11.1. The minimum atomic E-state index is -0.284. The second kappa shape index (κ2) is 4.36. The zero-order valence-corrected chi connectivity index (χ0v) is 12.0. The van der Waals surface area contributed by atoms with Gasteiger partial charge in [0.1, 0.15) is 6.61 Å². The molecule has 0 saturated carbocycles. The first-order valence-electron chi connectivity index (χ1n) is 6.62. The number of aromatic amines is 1. The maximum absolute atomic E-state index is 12.1. The monoisotopic (exact) mass is 301 g/mol. The number of fused-ring (bicyclic) bond motifs is 1. The maximum atomic E-state index is 12.1. The molecule has 0 amide bonds. The Labute approximate surface area is 126 Å². The normalized spacial score (nSPS) is 19.9. The van der Waals surface area contributed by atoms with Gasteiger partial charge in [0.2, 0.25) is 0 Å². The average molecular weight is 302 g/mol. The number of nitrogens with one attached hydrogen (secondary N) is 2. The summed E-state index contributed by atoms with van der Waals surface area (Å²) in [6.07, 6.45) is 0. The lowest BCUT2D eigenvalue weighted by Crippen LogP contribution is -2.19. The number of hydrogen-bond donors (Lipinski definition) is 2. The summed E-state index contributed by atoms with van der Waals surface area (Å²) in [6, 6.07) is 7.55. The summed E-state index contributed by atoms with van der Waals surface area (Å²) >= 11 is 6.11. The Balaban J connectivity index is 1.96. The van der Waals surface area contributed by atoms with Crippen LogP contribution in [0.4, 0.5) is 5.82 Å². The lowest BCUT2D eigenvalue weighted by Gasteiger charge is -2.24. The van der Waals surface area contributed by atoms with Crippen LogP contribution < -0.4 is 5.32 Å². The Morgan fingerprint density at radius 3 is 3.10 bits per heavy atom. The molecule has 2 aromatic rings. The molecule has 0 unspecified atom stereocenters. The van der Waals surface area contributed by atoms with Crippen LogP contribution in [0.15, 0.2) is 35.5 Å². The molecule has 3 heterocycles. The molecule has 2 aliphatic heterocycles. The minimum Gasteiger partial charge on any atom is -0.456 e. The summed E-state index contributed by atoms with van der Waals surface area (Å²) < 4.78 is 5.18. The second-order valence-electron chi connectivity index (χ2n) is 5.19. The van der Waals surface area contributed by atoms with E-state index >= 15 is 0 Å². The van der Waals surface area contributed by atoms with Crippen molar-refractivity contribution in [3.8, 4) is 0 Å². The number of carbonyl (C=O) groups excluding carboxylic acids is 1. The van der Waals surface area contributed by atoms with Gasteiger partial charge in [-0.25, -0.2) is 4.79 Å². The number of rotatable bonds is 1. The van der Waals surface area contributed by atoms with Crippen LogP contribution in [0.25, 0.3) is 0 Å². The van der Waals surface area contributed by atoms with Crippen molar-refractivity contribution in [1.82, 2.24) is 10.2 Å². The first-order chi connectivity index (χ1) is 10.1. The van der Waals surface area contributed by atoms with Crippen molar-refractivity contribution in [2.75, 3.05) is 11.9 Å². The highest BCUT2D eigenvalue weighted by molar-refractivity contribution is 6.30. The number of aryl methyl sites for hydroxylation is 1. The molecule has 0 fully saturated rings. The molecular formula is C15H12ClN3O2. The van der Waals surface area contributed by atoms with Gasteiger partial charge in [-0.3, -0.25) is 5.10 Å². The van der Waals surface area contributed by atoms with Crippen molar-refractivity contribution in [1.29, 1.82) is 0 Å². The van der Waals surface area contributed by atoms with Crippen LogP contribution >= 0.6 is 11.6 Å². The van der Waals surface area contributed by atoms with E-state index < -0.39 is 0 Å². The van der Waals surface area contributed by atoms with Crippen molar-refractivity contribution < 1.29 is 9.53 Å². The van der Waals surface area contributed by atoms with Crippen molar-refractivity contribution in [2.45, 2.75) is 12.8 Å². The van der Waals surface area contributed by atoms with Crippen molar-refractivity contribution in [2.24, 2.45) is 0 Å². The number of H-pyrrole nitrogens is 1. The molecule has 5 nitrogen and oxygen atoms in total. The number of ether oxygens (including phenoxy) is 1. The molecule has 106 valence electrons. The SMILES string of the molecule is Cc1[nH]nc2c1[C@H](c1cccc(Cl)c1)C1=C(COC1=O)N2. The largest absolute Gasteiger partial charge is 0.456 e. The van der Waals surface area contributed by atoms with Crippen LogP contribution in [0.5, 0.6) is 0 Å². The predicted molar refractivity (Wildman–Crippen MR) is 78.2 cm³/mol. The fourth-order valence-electron chi connectivity index (χ4n) is 3.00. The number of carbonyl (C=O) groups is 1. The van der Waals surface area contributed by atoms with Crippen LogP contribution in [-0.2, 0) is 9.53 Å². The third-order valence-electron chi connectivity index (χ3n) is 3.92. The first-order valence-corrected chi connectivity index (χ1v) is 7.00. The molecule has 1 aromatic heterocycles. The lowest BCUT2D eigenvalue weighted by atomic mass is 9.82. The Kier molecular flexibility index (Phi) is 2.59. The van der Waals surface area contributed by atoms with E-state index in [1.165, 1.54) is 0 Å². The van der Waals surface area contributed by atoms with Gasteiger partial charge in [0.25, 0.3) is 0 Å². The molecular weight excluding hydrogens is 290 g/mol. The number of hydrogen-bond acceptors (Lipinski definition) is 4. The molecule has 21 heavy (non-hydrogen) atoms. The Morgan fingerprint density at radius 1 is 1.43 bits per heavy atom. The predicted octanol–water partition coefficient (Wildman–Crippen LogP) is 2.74. The van der Waals surface area contributed by atoms with Crippen LogP contribution in [0, 0.1) is 6.92 Å². The van der Waals surface area contributed by atoms with E-state index in [0.29, 0.717) is 10.6 Å². The number of halogens is 1. The van der Waals surface area contributed by atoms with E-state index in [1.54, 1.807) is 0 Å². The summed E-state index contributed by atoms with van der Waals surface area (Å²) in [5.41, 5.74) is 4.28. The van der Waals surface area contributed by atoms with Gasteiger partial charge in [0.05, 0.1) is 11.3 Å². The number of nitrogens with zero attached hydrogens (tertiary/aromatic N) is 1. The van der Waals surface area contributed by atoms with Crippen LogP contribution in [0.2, 0.25) is 5.02 Å². The Bertz CT molecular complexity index is 794. The quantitative estimate of drug-likeness (QED) is 0.795. The number of benzene rings is 1. The maximum Gasteiger partial charge on any atom is 0.337 e. The third-order valence-corrected chi connectivity index (χ3v) is 4.15. The van der Waals surface area contributed by atoms with Gasteiger partial charge in [-0.05, 0) is 24.6 Å². The van der Waals surface area contributed by atoms with Gasteiger partial charge >= 0.3 is 5.97 Å². The van der Waals surface area contributed by atoms with Gasteiger partial charge in [-0.15, -0.1) is 0 Å². The zero-order chi connectivity index (χ0) is 14.6. The zero-order valence-electron chi connectivity index (χ0n) is 11.2. The summed E-state index contributed by atoms with van der Waals surface area (Å²) in [4.78, 5) is 12.1. The fourth-order valence-corrected chi connectivity index (χ4v) is 3.20. The Hall–Kier alpha value is -2.27. The van der Waals surface area contributed by atoms with Crippen molar-refractivity contribution in [3.63, 3.8) is 0 Å². The number of esters is 1. The topological polar surface area (TPSA) is 67.0 Å². The number of cyclic esters (lactones) is 1. The molecule has 0 bridgehead atoms. The third kappa shape index (κ3) is 1.77. The van der Waals surface area contributed by atoms with Gasteiger partial charge in [0, 0.05) is 22.2 Å². The van der Waals surface area contributed by atoms with E-state index in [1.807, 2.05) is 31.2 Å². The molecule has 2 aliphatic rings. The van der Waals surface area contributed by atoms with Crippen molar-refractivity contribution in [3.05, 3.63) is 57.4 Å². The van der Waals surface area contributed by atoms with E-state index in [-0.39, 0.29) is 18.5 Å². The second-order valence-corrected chi connectivity index (χ2v) is 5.63. The lowest BCUT2D eigenvalue weighted by molar-refractivity contribution is -0.136. The van der Waals surface area contributed by atoms with E-state index in [2.05, 4.69) is 15.5 Å². The minimum absolute atomic E-state index is 0.205. The molecule has 0 radical (unpaired) electrons. The smallest absolute Gasteiger partial charge is 0.337 e. The summed E-state index contributed by atoms with van der Waals surface area (Å²) in [6.45, 7) is 2.20. The van der Waals surface area contributed by atoms with Crippen molar-refractivity contribution >= 4 is 23.4 Å². The van der Waals surface area contributed by atoms with Gasteiger partial charge < -0.3 is 10.1 Å². The molecule has 4 rings (SSSR count). The number of aromatic nitrogens is 2. The molecule has 6 heteroatoms. The van der Waals surface area contributed by atoms with E-state index in [0.717, 1.165) is 28.3 Å². The Morgan fingerprint density at radius 2 is 2.29 bits per heavy atom. The van der Waals surface area contributed by atoms with E-state index in [4.69, 9.17) is 16.3 Å². The molecule has 0 spiro atoms. The molecule has 0 saturated heterocycles. The number of anilines is 1. The summed E-state index contributed by atoms with van der Waals surface area (Å²) in [7, 11) is 0. The molecule has 0 aliphatic carbocycles. The standard InChI is InChI=1S/C15H12ClN3O2/c1-7-11-12(8-3-2-4-9(16)5-8)13-10(6-21-15(13)20)17-14(11)19-18-7/h2-5,12H,6H2,1H3,(H2,17,18,19)/t12-/m0/s1. The molecule has 1 aromatic carbocycles. The van der Waals surface area contributed by atoms with Gasteiger partial charge in [-0.1, -0.05) is 23.7 Å². The molecule has 1 atom stereocenters. The average Bonchev–Trinajstić information content (AvgIpc) is 3.02. The van der Waals surface area contributed by atoms with Crippen LogP contribution in [0.1, 0.15) is 22.7 Å². The highest BCUT2D eigenvalue weighted by atomic mass is 35.5. The highest BCUT2D eigenvalue weighted by Crippen LogP contribution is 2.44. The van der Waals surface area contributed by atoms with Crippen LogP contribution in [-0.4, -0.2) is 22.8 Å². The fraction of sp³-hybridized carbons (Fsp3) is 0.200. The van der Waals surface area contributed by atoms with Gasteiger partial charge in [-0.2, -0.15) is 5.10 Å². The van der Waals surface area contributed by atoms with E-state index in [9.17, 15) is 4.79 Å². The summed E-state index contributed by atoms with van der Waals surface area (Å²) in [5.74, 6) is 0.256. The van der Waals surface area contributed by atoms with Crippen LogP contribution in [0.3, 0.4) is 0 Å². The highest BCUT2D eigenvalue weighted by Gasteiger charge is 2.40.